The van der Waals surface area contributed by atoms with Crippen molar-refractivity contribution in [1.82, 2.24) is 0 Å². The smallest absolute Gasteiger partial charge is 0.437 e. The van der Waals surface area contributed by atoms with Gasteiger partial charge in [0.1, 0.15) is 49.3 Å². The van der Waals surface area contributed by atoms with Gasteiger partial charge in [-0.3, -0.25) is 0 Å². The number of rotatable bonds is 14. The average molecular weight is 751 g/mol. The zero-order chi connectivity index (χ0) is 37.2. The molecule has 0 aromatic heterocycles. The van der Waals surface area contributed by atoms with Crippen molar-refractivity contribution in [3.05, 3.63) is 108 Å². The van der Waals surface area contributed by atoms with Gasteiger partial charge in [-0.1, -0.05) is 91.0 Å². The highest BCUT2D eigenvalue weighted by Gasteiger charge is 2.61. The highest BCUT2D eigenvalue weighted by Crippen LogP contribution is 2.52. The standard InChI is InChI=1S/C39H48BO12P/c1-25-30(42-21-26-15-9-6-10-16-26)32(43-22-27-17-11-7-12-18-27)34(44-23-28-19-13-8-14-20-28)37(46-25)52-53(40,41)45-24-29-31-33(49-38(2,3)48-31)35-36(47-29)51-39(4,5)50-35/h6-20,25,29-37H,21-24H2,1-5H3/t25-,29+,30-,31-,32+,33-,34+,35+,36+,37-,53?/m0/s1. The molecule has 53 heavy (non-hydrogen) atoms. The fourth-order valence-corrected chi connectivity index (χ4v) is 8.01. The molecule has 4 heterocycles. The normalized spacial score (nSPS) is 34.2. The van der Waals surface area contributed by atoms with Crippen molar-refractivity contribution in [3.63, 3.8) is 0 Å². The Morgan fingerprint density at radius 1 is 0.623 bits per heavy atom. The Morgan fingerprint density at radius 2 is 1.09 bits per heavy atom. The maximum Gasteiger partial charge on any atom is 0.437 e. The predicted octanol–water partition coefficient (Wildman–Crippen LogP) is 5.12. The van der Waals surface area contributed by atoms with E-state index in [-0.39, 0.29) is 19.8 Å². The summed E-state index contributed by atoms with van der Waals surface area (Å²) in [6.45, 7) is 9.54. The Morgan fingerprint density at radius 3 is 1.66 bits per heavy atom. The molecule has 284 valence electrons. The first-order valence-corrected chi connectivity index (χ1v) is 19.7. The van der Waals surface area contributed by atoms with Crippen LogP contribution in [-0.4, -0.2) is 87.2 Å². The van der Waals surface area contributed by atoms with Crippen LogP contribution in [0.2, 0.25) is 0 Å². The minimum Gasteiger partial charge on any atom is -0.647 e. The molecule has 0 amide bonds. The molecule has 12 nitrogen and oxygen atoms in total. The second-order valence-corrected chi connectivity index (χ2v) is 16.2. The Hall–Kier alpha value is -2.33. The molecule has 4 fully saturated rings. The molecule has 0 saturated carbocycles. The van der Waals surface area contributed by atoms with Gasteiger partial charge in [-0.2, -0.15) is 4.52 Å². The van der Waals surface area contributed by atoms with Crippen molar-refractivity contribution in [2.24, 2.45) is 0 Å². The lowest BCUT2D eigenvalue weighted by molar-refractivity contribution is -0.317. The third-order valence-corrected chi connectivity index (χ3v) is 10.5. The molecule has 0 spiro atoms. The summed E-state index contributed by atoms with van der Waals surface area (Å²) in [5.41, 5.74) is 2.85. The van der Waals surface area contributed by atoms with Gasteiger partial charge in [0.15, 0.2) is 25.7 Å². The van der Waals surface area contributed by atoms with Crippen LogP contribution in [-0.2, 0) is 71.5 Å². The van der Waals surface area contributed by atoms with Gasteiger partial charge in [-0.05, 0) is 51.3 Å². The van der Waals surface area contributed by atoms with E-state index in [2.05, 4.69) is 0 Å². The molecule has 0 bridgehead atoms. The van der Waals surface area contributed by atoms with Crippen LogP contribution in [0.25, 0.3) is 0 Å². The summed E-state index contributed by atoms with van der Waals surface area (Å²) in [4.78, 5) is 14.0. The van der Waals surface area contributed by atoms with Crippen molar-refractivity contribution in [2.45, 2.75) is 127 Å². The Balaban J connectivity index is 1.10. The monoisotopic (exact) mass is 750 g/mol. The van der Waals surface area contributed by atoms with Gasteiger partial charge in [-0.25, -0.2) is 4.52 Å². The molecule has 2 radical (unpaired) electrons. The Labute approximate surface area is 313 Å². The molecule has 14 heteroatoms. The van der Waals surface area contributed by atoms with E-state index in [1.165, 1.54) is 0 Å². The van der Waals surface area contributed by atoms with E-state index in [1.807, 2.05) is 97.9 Å². The van der Waals surface area contributed by atoms with Crippen LogP contribution in [0, 0.1) is 0 Å². The number of ether oxygens (including phenoxy) is 9. The van der Waals surface area contributed by atoms with E-state index in [0.29, 0.717) is 6.61 Å². The van der Waals surface area contributed by atoms with E-state index in [4.69, 9.17) is 59.2 Å². The van der Waals surface area contributed by atoms with Crippen LogP contribution in [0.3, 0.4) is 0 Å². The molecule has 3 aromatic rings. The summed E-state index contributed by atoms with van der Waals surface area (Å²) in [7, 11) is 1.97. The summed E-state index contributed by atoms with van der Waals surface area (Å²) in [6.07, 6.45) is -7.31. The van der Waals surface area contributed by atoms with Gasteiger partial charge in [0, 0.05) is 0 Å². The van der Waals surface area contributed by atoms with E-state index in [0.717, 1.165) is 16.7 Å². The summed E-state index contributed by atoms with van der Waals surface area (Å²) in [5.74, 6) is -1.82. The number of hydrogen-bond donors (Lipinski definition) is 0. The molecular formula is C39H48BO12P. The maximum absolute atomic E-state index is 14.0. The summed E-state index contributed by atoms with van der Waals surface area (Å²) in [6, 6.07) is 29.3. The molecule has 4 aliphatic rings. The maximum atomic E-state index is 14.0. The van der Waals surface area contributed by atoms with Crippen molar-refractivity contribution in [2.75, 3.05) is 6.61 Å². The highest BCUT2D eigenvalue weighted by atomic mass is 31.2. The predicted molar refractivity (Wildman–Crippen MR) is 192 cm³/mol. The van der Waals surface area contributed by atoms with Crippen LogP contribution in [0.4, 0.5) is 0 Å². The molecule has 0 N–H and O–H groups in total. The van der Waals surface area contributed by atoms with Gasteiger partial charge in [-0.15, -0.1) is 0 Å². The van der Waals surface area contributed by atoms with Gasteiger partial charge >= 0.3 is 7.57 Å². The minimum absolute atomic E-state index is 0.183. The third kappa shape index (κ3) is 9.74. The quantitative estimate of drug-likeness (QED) is 0.161. The lowest BCUT2D eigenvalue weighted by atomic mass is 9.98. The molecular weight excluding hydrogens is 702 g/mol. The van der Waals surface area contributed by atoms with Gasteiger partial charge < -0.3 is 47.5 Å². The topological polar surface area (TPSA) is 125 Å². The van der Waals surface area contributed by atoms with Crippen LogP contribution < -0.4 is 4.89 Å². The second kappa shape index (κ2) is 16.4. The number of fused-ring (bicyclic) bond motifs is 3. The molecule has 4 saturated heterocycles. The molecule has 11 atom stereocenters. The average Bonchev–Trinajstić information content (AvgIpc) is 3.63. The van der Waals surface area contributed by atoms with Crippen LogP contribution in [0.5, 0.6) is 0 Å². The van der Waals surface area contributed by atoms with Crippen molar-refractivity contribution < 1.29 is 56.6 Å². The van der Waals surface area contributed by atoms with E-state index in [9.17, 15) is 4.89 Å². The highest BCUT2D eigenvalue weighted by molar-refractivity contribution is 7.83. The van der Waals surface area contributed by atoms with Crippen molar-refractivity contribution >= 4 is 15.4 Å². The lowest BCUT2D eigenvalue weighted by Crippen LogP contribution is -2.60. The molecule has 4 aliphatic heterocycles. The minimum atomic E-state index is -4.35. The second-order valence-electron chi connectivity index (χ2n) is 14.6. The number of benzene rings is 3. The van der Waals surface area contributed by atoms with Crippen molar-refractivity contribution in [3.8, 4) is 0 Å². The van der Waals surface area contributed by atoms with E-state index in [1.54, 1.807) is 27.7 Å². The fraction of sp³-hybridized carbons (Fsp3) is 0.538. The molecule has 1 unspecified atom stereocenters. The van der Waals surface area contributed by atoms with Gasteiger partial charge in [0.05, 0.1) is 25.9 Å². The first kappa shape index (κ1) is 38.9. The zero-order valence-electron chi connectivity index (χ0n) is 30.7. The van der Waals surface area contributed by atoms with Crippen LogP contribution >= 0.6 is 7.82 Å². The van der Waals surface area contributed by atoms with E-state index >= 15 is 0 Å². The Bertz CT molecular complexity index is 1600. The molecule has 7 rings (SSSR count). The zero-order valence-corrected chi connectivity index (χ0v) is 31.6. The number of hydrogen-bond acceptors (Lipinski definition) is 12. The van der Waals surface area contributed by atoms with E-state index < -0.39 is 80.8 Å². The summed E-state index contributed by atoms with van der Waals surface area (Å²) < 4.78 is 68.6. The van der Waals surface area contributed by atoms with Crippen LogP contribution in [0.15, 0.2) is 91.0 Å². The fourth-order valence-electron chi connectivity index (χ4n) is 7.13. The first-order valence-electron chi connectivity index (χ1n) is 18.1. The lowest BCUT2D eigenvalue weighted by Gasteiger charge is -2.45. The van der Waals surface area contributed by atoms with Gasteiger partial charge in [0.2, 0.25) is 6.29 Å². The Kier molecular flexibility index (Phi) is 12.1. The third-order valence-electron chi connectivity index (χ3n) is 9.50. The van der Waals surface area contributed by atoms with Crippen LogP contribution in [0.1, 0.15) is 51.3 Å². The summed E-state index contributed by atoms with van der Waals surface area (Å²) in [5, 5.41) is 0. The SMILES string of the molecule is [B][P+]([O-])(OC[C@H]1O[C@@H]2OC(C)(C)O[C@@H]2[C@H]2OC(C)(C)O[C@H]21)O[C@@H]1O[C@@H](C)[C@H](OCc2ccccc2)[C@@H](OCc2ccccc2)[C@H]1OCc1ccccc1. The summed E-state index contributed by atoms with van der Waals surface area (Å²) >= 11 is 0. The first-order chi connectivity index (χ1) is 25.3. The molecule has 0 aliphatic carbocycles. The molecule has 3 aromatic carbocycles. The van der Waals surface area contributed by atoms with Crippen molar-refractivity contribution in [1.29, 1.82) is 0 Å². The van der Waals surface area contributed by atoms with Gasteiger partial charge in [0.25, 0.3) is 0 Å². The largest absolute Gasteiger partial charge is 0.647 e.